The van der Waals surface area contributed by atoms with Crippen molar-refractivity contribution >= 4 is 57.4 Å². The summed E-state index contributed by atoms with van der Waals surface area (Å²) in [5.74, 6) is 0. The number of benzene rings is 10. The minimum Gasteiger partial charge on any atom is -0.355 e. The summed E-state index contributed by atoms with van der Waals surface area (Å²) in [4.78, 5) is 2.60. The molecule has 1 heterocycles. The fraction of sp³-hybridized carbons (Fsp3) is 0.134. The number of hydrogen-bond acceptors (Lipinski definition) is 2. The van der Waals surface area contributed by atoms with Gasteiger partial charge in [-0.3, -0.25) is 0 Å². The van der Waals surface area contributed by atoms with E-state index in [0.29, 0.717) is 0 Å². The van der Waals surface area contributed by atoms with Crippen molar-refractivity contribution in [2.75, 3.05) is 10.2 Å². The van der Waals surface area contributed by atoms with Crippen LogP contribution < -0.4 is 21.1 Å². The number of hydrogen-bond donors (Lipinski definition) is 1. The van der Waals surface area contributed by atoms with E-state index in [-0.39, 0.29) is 10.8 Å². The minimum atomic E-state index is -0.164. The first kappa shape index (κ1) is 42.2. The second-order valence-electron chi connectivity index (χ2n) is 21.1. The van der Waals surface area contributed by atoms with Gasteiger partial charge in [0.1, 0.15) is 0 Å². The van der Waals surface area contributed by atoms with Gasteiger partial charge in [0.05, 0.1) is 0 Å². The highest BCUT2D eigenvalue weighted by Crippen LogP contribution is 2.54. The van der Waals surface area contributed by atoms with Crippen LogP contribution in [0, 0.1) is 20.8 Å². The van der Waals surface area contributed by atoms with Gasteiger partial charge in [0.2, 0.25) is 0 Å². The molecule has 0 unspecified atom stereocenters. The molecule has 0 spiro atoms. The summed E-state index contributed by atoms with van der Waals surface area (Å²) in [6, 6.07) is 72.9. The van der Waals surface area contributed by atoms with E-state index >= 15 is 0 Å². The maximum atomic E-state index is 3.97. The van der Waals surface area contributed by atoms with E-state index in [1.807, 2.05) is 0 Å². The standard InChI is InChI=1S/C67H54BN2/c1-40-31-41(2)64(42(3)32-40)47-34-55(54-33-45-19-11-12-20-46(45)35-61(54)69-48-27-25-44(26-28-48)43-17-9-8-10-18-43)65-63(36-47)70(49-29-30-52-50-21-13-15-23-56(50)66(4,5)58(52)37-49)62-39-59-53(38-60(62)68-65)51-22-14-16-24-57(51)67(59,6)7/h8-39,69H,1-7H3. The van der Waals surface area contributed by atoms with Crippen LogP contribution in [-0.2, 0) is 10.8 Å². The molecule has 0 saturated carbocycles. The summed E-state index contributed by atoms with van der Waals surface area (Å²) in [7, 11) is 2.49. The van der Waals surface area contributed by atoms with Crippen LogP contribution in [0.4, 0.5) is 28.4 Å². The predicted octanol–water partition coefficient (Wildman–Crippen LogP) is 16.6. The number of rotatable bonds is 6. The molecule has 70 heavy (non-hydrogen) atoms. The summed E-state index contributed by atoms with van der Waals surface area (Å²) in [5.41, 5.74) is 29.6. The first-order valence-electron chi connectivity index (χ1n) is 24.8. The molecule has 1 N–H and O–H groups in total. The Labute approximate surface area is 413 Å². The average molecular weight is 898 g/mol. The number of aryl methyl sites for hydroxylation is 3. The van der Waals surface area contributed by atoms with Crippen molar-refractivity contribution in [1.29, 1.82) is 0 Å². The summed E-state index contributed by atoms with van der Waals surface area (Å²) in [5, 5.41) is 6.37. The van der Waals surface area contributed by atoms with Gasteiger partial charge >= 0.3 is 0 Å². The molecule has 0 saturated heterocycles. The normalized spacial score (nSPS) is 14.2. The van der Waals surface area contributed by atoms with Gasteiger partial charge in [-0.25, -0.2) is 0 Å². The number of anilines is 5. The third-order valence-electron chi connectivity index (χ3n) is 15.9. The van der Waals surface area contributed by atoms with Crippen LogP contribution in [0.5, 0.6) is 0 Å². The molecule has 10 aromatic carbocycles. The monoisotopic (exact) mass is 897 g/mol. The lowest BCUT2D eigenvalue weighted by Crippen LogP contribution is -2.41. The van der Waals surface area contributed by atoms with Crippen LogP contribution in [-0.4, -0.2) is 7.28 Å². The van der Waals surface area contributed by atoms with Crippen LogP contribution in [0.3, 0.4) is 0 Å². The lowest BCUT2D eigenvalue weighted by atomic mass is 9.57. The smallest absolute Gasteiger partial charge is 0.197 e. The molecule has 0 fully saturated rings. The van der Waals surface area contributed by atoms with Gasteiger partial charge in [0.25, 0.3) is 0 Å². The second kappa shape index (κ2) is 15.6. The molecule has 1 aliphatic heterocycles. The third-order valence-corrected chi connectivity index (χ3v) is 15.9. The Hall–Kier alpha value is -7.88. The molecule has 2 nitrogen and oxygen atoms in total. The van der Waals surface area contributed by atoms with E-state index < -0.39 is 0 Å². The zero-order valence-corrected chi connectivity index (χ0v) is 41.0. The molecule has 1 radical (unpaired) electrons. The highest BCUT2D eigenvalue weighted by atomic mass is 15.2. The Morgan fingerprint density at radius 1 is 0.414 bits per heavy atom. The molecule has 3 aliphatic rings. The van der Waals surface area contributed by atoms with Crippen molar-refractivity contribution in [3.63, 3.8) is 0 Å². The maximum Gasteiger partial charge on any atom is 0.197 e. The maximum absolute atomic E-state index is 3.97. The van der Waals surface area contributed by atoms with E-state index in [9.17, 15) is 0 Å². The van der Waals surface area contributed by atoms with Crippen molar-refractivity contribution in [1.82, 2.24) is 0 Å². The summed E-state index contributed by atoms with van der Waals surface area (Å²) in [6.45, 7) is 16.3. The zero-order chi connectivity index (χ0) is 47.6. The van der Waals surface area contributed by atoms with Crippen molar-refractivity contribution in [2.45, 2.75) is 59.3 Å². The zero-order valence-electron chi connectivity index (χ0n) is 41.0. The van der Waals surface area contributed by atoms with Crippen molar-refractivity contribution < 1.29 is 0 Å². The molecular weight excluding hydrogens is 844 g/mol. The Morgan fingerprint density at radius 3 is 1.70 bits per heavy atom. The fourth-order valence-corrected chi connectivity index (χ4v) is 12.5. The van der Waals surface area contributed by atoms with Gasteiger partial charge in [0, 0.05) is 44.8 Å². The van der Waals surface area contributed by atoms with Gasteiger partial charge in [-0.2, -0.15) is 0 Å². The molecular formula is C67H54BN2. The quantitative estimate of drug-likeness (QED) is 0.167. The van der Waals surface area contributed by atoms with Gasteiger partial charge < -0.3 is 10.2 Å². The molecule has 2 aliphatic carbocycles. The topological polar surface area (TPSA) is 15.3 Å². The second-order valence-corrected chi connectivity index (χ2v) is 21.1. The molecule has 335 valence electrons. The molecule has 10 aromatic rings. The highest BCUT2D eigenvalue weighted by molar-refractivity contribution is 6.73. The lowest BCUT2D eigenvalue weighted by Gasteiger charge is -2.37. The van der Waals surface area contributed by atoms with Crippen LogP contribution in [0.2, 0.25) is 0 Å². The predicted molar refractivity (Wildman–Crippen MR) is 299 cm³/mol. The van der Waals surface area contributed by atoms with Crippen molar-refractivity contribution in [3.8, 4) is 55.6 Å². The van der Waals surface area contributed by atoms with E-state index in [4.69, 9.17) is 0 Å². The molecule has 3 heteroatoms. The van der Waals surface area contributed by atoms with Crippen molar-refractivity contribution in [2.24, 2.45) is 0 Å². The first-order chi connectivity index (χ1) is 33.9. The van der Waals surface area contributed by atoms with Gasteiger partial charge in [-0.05, 0) is 175 Å². The van der Waals surface area contributed by atoms with E-state index in [1.54, 1.807) is 0 Å². The van der Waals surface area contributed by atoms with E-state index in [0.717, 1.165) is 16.9 Å². The highest BCUT2D eigenvalue weighted by Gasteiger charge is 2.40. The summed E-state index contributed by atoms with van der Waals surface area (Å²) < 4.78 is 0. The van der Waals surface area contributed by atoms with Crippen molar-refractivity contribution in [3.05, 3.63) is 233 Å². The molecule has 13 rings (SSSR count). The number of nitrogens with one attached hydrogen (secondary N) is 1. The minimum absolute atomic E-state index is 0.162. The Kier molecular flexibility index (Phi) is 9.40. The molecule has 0 aromatic heterocycles. The Balaban J connectivity index is 1.09. The van der Waals surface area contributed by atoms with Gasteiger partial charge in [-0.1, -0.05) is 178 Å². The molecule has 0 bridgehead atoms. The SMILES string of the molecule is Cc1cc(C)c(-c2cc(-c3cc4ccccc4cc3Nc3ccc(-c4ccccc4)cc3)c3c(c2)N(c2ccc4c(c2)C(C)(C)c2ccccc2-4)c2cc4c(cc2[B]3)-c2ccccc2C4(C)C)c(C)c1. The van der Waals surface area contributed by atoms with E-state index in [1.165, 1.54) is 128 Å². The average Bonchev–Trinajstić information content (AvgIpc) is 3.73. The van der Waals surface area contributed by atoms with Gasteiger partial charge in [-0.15, -0.1) is 0 Å². The summed E-state index contributed by atoms with van der Waals surface area (Å²) in [6.07, 6.45) is 0. The molecule has 0 amide bonds. The largest absolute Gasteiger partial charge is 0.355 e. The van der Waals surface area contributed by atoms with E-state index in [2.05, 4.69) is 260 Å². The number of nitrogens with zero attached hydrogens (tertiary/aromatic N) is 1. The number of fused-ring (bicyclic) bond motifs is 9. The summed E-state index contributed by atoms with van der Waals surface area (Å²) >= 11 is 0. The van der Waals surface area contributed by atoms with Gasteiger partial charge in [0.15, 0.2) is 7.28 Å². The lowest BCUT2D eigenvalue weighted by molar-refractivity contribution is 0.660. The Morgan fingerprint density at radius 2 is 1.00 bits per heavy atom. The van der Waals surface area contributed by atoms with Crippen LogP contribution in [0.1, 0.15) is 66.6 Å². The van der Waals surface area contributed by atoms with Crippen LogP contribution in [0.25, 0.3) is 66.4 Å². The fourth-order valence-electron chi connectivity index (χ4n) is 12.5. The Bertz CT molecular complexity index is 3780. The third kappa shape index (κ3) is 6.48. The molecule has 0 atom stereocenters. The van der Waals surface area contributed by atoms with Crippen LogP contribution >= 0.6 is 0 Å². The van der Waals surface area contributed by atoms with Crippen LogP contribution in [0.15, 0.2) is 194 Å². The first-order valence-corrected chi connectivity index (χ1v) is 24.8.